The maximum Gasteiger partial charge on any atom is 0.139 e. The second-order valence-electron chi connectivity index (χ2n) is 4.88. The molecule has 1 aromatic carbocycles. The molecule has 1 nitrogen and oxygen atoms in total. The fraction of sp³-hybridized carbons (Fsp3) is 0.400. The topological polar surface area (TPSA) is 17.1 Å². The van der Waals surface area contributed by atoms with Crippen LogP contribution in [0.5, 0.6) is 0 Å². The zero-order chi connectivity index (χ0) is 11.1. The third-order valence-electron chi connectivity index (χ3n) is 3.97. The SMILES string of the molecule is C[C@@H]1C(=O)CCCC2=C1Cc1ccccc12. The molecule has 1 aromatic rings. The minimum Gasteiger partial charge on any atom is -0.299 e. The molecule has 0 aliphatic heterocycles. The number of ketones is 1. The fourth-order valence-electron chi connectivity index (χ4n) is 3.01. The largest absolute Gasteiger partial charge is 0.299 e. The van der Waals surface area contributed by atoms with E-state index in [9.17, 15) is 4.79 Å². The van der Waals surface area contributed by atoms with Gasteiger partial charge in [0.1, 0.15) is 5.78 Å². The zero-order valence-electron chi connectivity index (χ0n) is 9.62. The Balaban J connectivity index is 2.10. The first kappa shape index (κ1) is 9.83. The molecule has 0 N–H and O–H groups in total. The van der Waals surface area contributed by atoms with E-state index < -0.39 is 0 Å². The summed E-state index contributed by atoms with van der Waals surface area (Å²) < 4.78 is 0. The van der Waals surface area contributed by atoms with Crippen molar-refractivity contribution in [3.63, 3.8) is 0 Å². The van der Waals surface area contributed by atoms with Gasteiger partial charge in [-0.05, 0) is 36.0 Å². The molecule has 3 rings (SSSR count). The molecule has 0 saturated heterocycles. The van der Waals surface area contributed by atoms with Crippen LogP contribution in [0.2, 0.25) is 0 Å². The van der Waals surface area contributed by atoms with Gasteiger partial charge in [-0.1, -0.05) is 36.8 Å². The van der Waals surface area contributed by atoms with Gasteiger partial charge < -0.3 is 0 Å². The zero-order valence-corrected chi connectivity index (χ0v) is 9.62. The number of benzene rings is 1. The Morgan fingerprint density at radius 3 is 2.88 bits per heavy atom. The van der Waals surface area contributed by atoms with Crippen LogP contribution < -0.4 is 0 Å². The summed E-state index contributed by atoms with van der Waals surface area (Å²) in [6.45, 7) is 2.08. The first-order valence-electron chi connectivity index (χ1n) is 6.10. The van der Waals surface area contributed by atoms with E-state index in [1.807, 2.05) is 0 Å². The average Bonchev–Trinajstić information content (AvgIpc) is 2.61. The maximum atomic E-state index is 11.9. The molecule has 2 aliphatic carbocycles. The van der Waals surface area contributed by atoms with Crippen molar-refractivity contribution in [1.29, 1.82) is 0 Å². The molecule has 82 valence electrons. The number of rotatable bonds is 0. The van der Waals surface area contributed by atoms with Crippen molar-refractivity contribution in [1.82, 2.24) is 0 Å². The van der Waals surface area contributed by atoms with Crippen molar-refractivity contribution in [2.24, 2.45) is 5.92 Å². The predicted octanol–water partition coefficient (Wildman–Crippen LogP) is 3.39. The summed E-state index contributed by atoms with van der Waals surface area (Å²) in [6, 6.07) is 8.60. The number of carbonyl (C=O) groups excluding carboxylic acids is 1. The Morgan fingerprint density at radius 2 is 2.00 bits per heavy atom. The van der Waals surface area contributed by atoms with Crippen LogP contribution in [0.1, 0.15) is 37.3 Å². The van der Waals surface area contributed by atoms with Crippen molar-refractivity contribution in [3.05, 3.63) is 41.0 Å². The molecule has 16 heavy (non-hydrogen) atoms. The van der Waals surface area contributed by atoms with E-state index in [4.69, 9.17) is 0 Å². The molecule has 0 aromatic heterocycles. The smallest absolute Gasteiger partial charge is 0.139 e. The van der Waals surface area contributed by atoms with Crippen LogP contribution in [-0.4, -0.2) is 5.78 Å². The summed E-state index contributed by atoms with van der Waals surface area (Å²) >= 11 is 0. The van der Waals surface area contributed by atoms with Crippen LogP contribution in [-0.2, 0) is 11.2 Å². The number of carbonyl (C=O) groups is 1. The first-order valence-corrected chi connectivity index (χ1v) is 6.10. The molecule has 0 bridgehead atoms. The maximum absolute atomic E-state index is 11.9. The van der Waals surface area contributed by atoms with Gasteiger partial charge in [-0.15, -0.1) is 0 Å². The quantitative estimate of drug-likeness (QED) is 0.644. The minimum atomic E-state index is 0.143. The molecule has 0 heterocycles. The second kappa shape index (κ2) is 3.58. The lowest BCUT2D eigenvalue weighted by molar-refractivity contribution is -0.121. The minimum absolute atomic E-state index is 0.143. The molecule has 0 amide bonds. The summed E-state index contributed by atoms with van der Waals surface area (Å²) in [5.74, 6) is 0.572. The Hall–Kier alpha value is -1.37. The summed E-state index contributed by atoms with van der Waals surface area (Å²) in [6.07, 6.45) is 3.87. The highest BCUT2D eigenvalue weighted by Crippen LogP contribution is 2.41. The first-order chi connectivity index (χ1) is 7.77. The van der Waals surface area contributed by atoms with Gasteiger partial charge in [0, 0.05) is 12.3 Å². The summed E-state index contributed by atoms with van der Waals surface area (Å²) in [7, 11) is 0. The Kier molecular flexibility index (Phi) is 2.20. The average molecular weight is 212 g/mol. The van der Waals surface area contributed by atoms with Crippen LogP contribution in [0.3, 0.4) is 0 Å². The van der Waals surface area contributed by atoms with Gasteiger partial charge >= 0.3 is 0 Å². The van der Waals surface area contributed by atoms with Gasteiger partial charge in [0.15, 0.2) is 0 Å². The highest BCUT2D eigenvalue weighted by molar-refractivity contribution is 5.90. The van der Waals surface area contributed by atoms with Crippen LogP contribution >= 0.6 is 0 Å². The molecule has 0 radical (unpaired) electrons. The van der Waals surface area contributed by atoms with Gasteiger partial charge in [0.2, 0.25) is 0 Å². The van der Waals surface area contributed by atoms with E-state index in [1.54, 1.807) is 0 Å². The third-order valence-corrected chi connectivity index (χ3v) is 3.97. The van der Waals surface area contributed by atoms with Crippen molar-refractivity contribution < 1.29 is 4.79 Å². The number of fused-ring (bicyclic) bond motifs is 2. The lowest BCUT2D eigenvalue weighted by Crippen LogP contribution is -2.12. The van der Waals surface area contributed by atoms with E-state index in [1.165, 1.54) is 22.3 Å². The van der Waals surface area contributed by atoms with Crippen LogP contribution in [0.25, 0.3) is 5.57 Å². The predicted molar refractivity (Wildman–Crippen MR) is 65.1 cm³/mol. The number of hydrogen-bond acceptors (Lipinski definition) is 1. The Morgan fingerprint density at radius 1 is 1.19 bits per heavy atom. The molecule has 0 fully saturated rings. The van der Waals surface area contributed by atoms with Gasteiger partial charge in [-0.25, -0.2) is 0 Å². The van der Waals surface area contributed by atoms with Gasteiger partial charge in [-0.3, -0.25) is 4.79 Å². The lowest BCUT2D eigenvalue weighted by atomic mass is 9.93. The van der Waals surface area contributed by atoms with E-state index in [0.29, 0.717) is 5.78 Å². The van der Waals surface area contributed by atoms with E-state index >= 15 is 0 Å². The lowest BCUT2D eigenvalue weighted by Gasteiger charge is -2.10. The number of hydrogen-bond donors (Lipinski definition) is 0. The highest BCUT2D eigenvalue weighted by Gasteiger charge is 2.29. The van der Waals surface area contributed by atoms with Gasteiger partial charge in [-0.2, -0.15) is 0 Å². The molecule has 0 unspecified atom stereocenters. The fourth-order valence-corrected chi connectivity index (χ4v) is 3.01. The molecular formula is C15H16O. The van der Waals surface area contributed by atoms with Crippen LogP contribution in [0.15, 0.2) is 29.8 Å². The molecule has 1 heteroatoms. The second-order valence-corrected chi connectivity index (χ2v) is 4.88. The van der Waals surface area contributed by atoms with E-state index in [2.05, 4.69) is 31.2 Å². The number of allylic oxidation sites excluding steroid dienone is 2. The standard InChI is InChI=1S/C15H16O/c1-10-14-9-11-5-2-3-6-12(11)13(14)7-4-8-15(10)16/h2-3,5-6,10H,4,7-9H2,1H3/t10-/m0/s1. The monoisotopic (exact) mass is 212 g/mol. The summed E-state index contributed by atoms with van der Waals surface area (Å²) in [5, 5.41) is 0. The molecule has 0 spiro atoms. The molecule has 2 aliphatic rings. The summed E-state index contributed by atoms with van der Waals surface area (Å²) in [4.78, 5) is 11.9. The number of Topliss-reactive ketones (excluding diaryl/α,β-unsaturated/α-hetero) is 1. The van der Waals surface area contributed by atoms with Crippen molar-refractivity contribution in [2.75, 3.05) is 0 Å². The van der Waals surface area contributed by atoms with Crippen molar-refractivity contribution in [3.8, 4) is 0 Å². The highest BCUT2D eigenvalue weighted by atomic mass is 16.1. The molecule has 1 atom stereocenters. The van der Waals surface area contributed by atoms with Crippen molar-refractivity contribution >= 4 is 11.4 Å². The summed E-state index contributed by atoms with van der Waals surface area (Å²) in [5.41, 5.74) is 5.67. The Labute approximate surface area is 96.2 Å². The normalized spacial score (nSPS) is 24.1. The van der Waals surface area contributed by atoms with Gasteiger partial charge in [0.05, 0.1) is 0 Å². The van der Waals surface area contributed by atoms with Crippen molar-refractivity contribution in [2.45, 2.75) is 32.6 Å². The third kappa shape index (κ3) is 1.35. The van der Waals surface area contributed by atoms with Crippen LogP contribution in [0, 0.1) is 5.92 Å². The van der Waals surface area contributed by atoms with Crippen LogP contribution in [0.4, 0.5) is 0 Å². The van der Waals surface area contributed by atoms with E-state index in [0.717, 1.165) is 25.7 Å². The molecule has 0 saturated carbocycles. The van der Waals surface area contributed by atoms with Gasteiger partial charge in [0.25, 0.3) is 0 Å². The van der Waals surface area contributed by atoms with E-state index in [-0.39, 0.29) is 5.92 Å². The Bertz CT molecular complexity index is 482. The molecular weight excluding hydrogens is 196 g/mol.